The van der Waals surface area contributed by atoms with Crippen LogP contribution in [0.2, 0.25) is 0 Å². The fraction of sp³-hybridized carbons (Fsp3) is 0.667. The van der Waals surface area contributed by atoms with Gasteiger partial charge in [0.2, 0.25) is 0 Å². The maximum atomic E-state index is 9.52. The van der Waals surface area contributed by atoms with E-state index in [-0.39, 0.29) is 5.92 Å². The summed E-state index contributed by atoms with van der Waals surface area (Å²) in [6, 6.07) is 8.66. The molecule has 1 unspecified atom stereocenters. The summed E-state index contributed by atoms with van der Waals surface area (Å²) < 4.78 is 0. The van der Waals surface area contributed by atoms with E-state index >= 15 is 0 Å². The standard InChI is InChI=1S/C24H34N2S/c1-4-6-9-19-13-18(3)21(14-20(19)10-7-5-2)15-23(22(16-25)17-26)24-11-8-12-27-24/h8,11-12,18,21-23H,4-7,9-10,13-15H2,1-3H3/t18-,21-,23?/m1/s1. The highest BCUT2D eigenvalue weighted by molar-refractivity contribution is 7.10. The molecule has 1 aromatic heterocycles. The minimum absolute atomic E-state index is 0.0528. The lowest BCUT2D eigenvalue weighted by atomic mass is 9.70. The number of rotatable bonds is 10. The van der Waals surface area contributed by atoms with Crippen LogP contribution >= 0.6 is 11.3 Å². The summed E-state index contributed by atoms with van der Waals surface area (Å²) in [6.07, 6.45) is 10.9. The molecular formula is C24H34N2S. The number of unbranched alkanes of at least 4 members (excludes halogenated alkanes) is 2. The summed E-state index contributed by atoms with van der Waals surface area (Å²) in [5.74, 6) is 0.735. The van der Waals surface area contributed by atoms with Crippen LogP contribution in [0.5, 0.6) is 0 Å². The average molecular weight is 383 g/mol. The maximum absolute atomic E-state index is 9.52. The molecule has 0 saturated heterocycles. The third kappa shape index (κ3) is 5.95. The summed E-state index contributed by atoms with van der Waals surface area (Å²) in [5, 5.41) is 21.1. The first-order chi connectivity index (χ1) is 13.1. The van der Waals surface area contributed by atoms with Crippen molar-refractivity contribution in [3.8, 4) is 12.1 Å². The molecule has 0 spiro atoms. The predicted octanol–water partition coefficient (Wildman–Crippen LogP) is 7.61. The molecule has 1 aliphatic rings. The van der Waals surface area contributed by atoms with Crippen LogP contribution in [-0.2, 0) is 0 Å². The Morgan fingerprint density at radius 3 is 2.22 bits per heavy atom. The quantitative estimate of drug-likeness (QED) is 0.391. The molecule has 0 aromatic carbocycles. The molecule has 0 aliphatic heterocycles. The van der Waals surface area contributed by atoms with Crippen LogP contribution in [0.4, 0.5) is 0 Å². The van der Waals surface area contributed by atoms with Crippen LogP contribution in [0.25, 0.3) is 0 Å². The van der Waals surface area contributed by atoms with Gasteiger partial charge in [0.1, 0.15) is 5.92 Å². The zero-order valence-electron chi connectivity index (χ0n) is 17.2. The zero-order chi connectivity index (χ0) is 19.6. The lowest BCUT2D eigenvalue weighted by molar-refractivity contribution is 0.277. The summed E-state index contributed by atoms with van der Waals surface area (Å²) >= 11 is 1.69. The summed E-state index contributed by atoms with van der Waals surface area (Å²) in [4.78, 5) is 1.20. The number of nitrogens with zero attached hydrogens (tertiary/aromatic N) is 2. The zero-order valence-corrected chi connectivity index (χ0v) is 18.0. The van der Waals surface area contributed by atoms with Crippen LogP contribution in [0.15, 0.2) is 28.7 Å². The lowest BCUT2D eigenvalue weighted by Crippen LogP contribution is -2.24. The van der Waals surface area contributed by atoms with E-state index < -0.39 is 5.92 Å². The second kappa shape index (κ2) is 11.3. The number of allylic oxidation sites excluding steroid dienone is 2. The van der Waals surface area contributed by atoms with Crippen molar-refractivity contribution in [1.82, 2.24) is 0 Å². The van der Waals surface area contributed by atoms with Crippen molar-refractivity contribution in [2.45, 2.75) is 84.5 Å². The predicted molar refractivity (Wildman–Crippen MR) is 114 cm³/mol. The minimum Gasteiger partial charge on any atom is -0.197 e. The highest BCUT2D eigenvalue weighted by Crippen LogP contribution is 2.44. The van der Waals surface area contributed by atoms with Crippen LogP contribution < -0.4 is 0 Å². The third-order valence-electron chi connectivity index (χ3n) is 6.19. The van der Waals surface area contributed by atoms with Crippen molar-refractivity contribution in [2.24, 2.45) is 17.8 Å². The molecule has 1 aliphatic carbocycles. The number of thiophene rings is 1. The van der Waals surface area contributed by atoms with E-state index in [1.54, 1.807) is 22.5 Å². The first-order valence-electron chi connectivity index (χ1n) is 10.7. The Kier molecular flexibility index (Phi) is 9.09. The Morgan fingerprint density at radius 2 is 1.70 bits per heavy atom. The smallest absolute Gasteiger partial charge is 0.140 e. The highest BCUT2D eigenvalue weighted by Gasteiger charge is 2.33. The molecule has 1 heterocycles. The van der Waals surface area contributed by atoms with Crippen LogP contribution in [-0.4, -0.2) is 0 Å². The van der Waals surface area contributed by atoms with Crippen molar-refractivity contribution < 1.29 is 0 Å². The summed E-state index contributed by atoms with van der Waals surface area (Å²) in [7, 11) is 0. The van der Waals surface area contributed by atoms with E-state index in [0.29, 0.717) is 11.8 Å². The van der Waals surface area contributed by atoms with E-state index in [9.17, 15) is 10.5 Å². The maximum Gasteiger partial charge on any atom is 0.140 e. The fourth-order valence-corrected chi connectivity index (χ4v) is 5.35. The Hall–Kier alpha value is -1.58. The van der Waals surface area contributed by atoms with Crippen molar-refractivity contribution in [3.63, 3.8) is 0 Å². The molecule has 0 amide bonds. The molecule has 0 fully saturated rings. The molecule has 0 bridgehead atoms. The van der Waals surface area contributed by atoms with Gasteiger partial charge in [-0.2, -0.15) is 10.5 Å². The third-order valence-corrected chi connectivity index (χ3v) is 7.20. The van der Waals surface area contributed by atoms with Crippen LogP contribution in [0, 0.1) is 40.4 Å². The van der Waals surface area contributed by atoms with Gasteiger partial charge in [-0.1, -0.05) is 50.8 Å². The highest BCUT2D eigenvalue weighted by atomic mass is 32.1. The minimum atomic E-state index is -0.541. The molecule has 3 atom stereocenters. The lowest BCUT2D eigenvalue weighted by Gasteiger charge is -2.35. The Labute approximate surface area is 169 Å². The van der Waals surface area contributed by atoms with E-state index in [1.165, 1.54) is 56.2 Å². The van der Waals surface area contributed by atoms with Gasteiger partial charge in [-0.25, -0.2) is 0 Å². The van der Waals surface area contributed by atoms with Crippen molar-refractivity contribution in [3.05, 3.63) is 33.5 Å². The number of hydrogen-bond donors (Lipinski definition) is 0. The van der Waals surface area contributed by atoms with Gasteiger partial charge >= 0.3 is 0 Å². The molecule has 27 heavy (non-hydrogen) atoms. The first-order valence-corrected chi connectivity index (χ1v) is 11.5. The van der Waals surface area contributed by atoms with E-state index in [2.05, 4.69) is 44.4 Å². The number of nitriles is 2. The molecule has 0 N–H and O–H groups in total. The molecule has 146 valence electrons. The molecule has 0 saturated carbocycles. The van der Waals surface area contributed by atoms with Crippen molar-refractivity contribution in [1.29, 1.82) is 10.5 Å². The second-order valence-corrected chi connectivity index (χ2v) is 9.13. The average Bonchev–Trinajstić information content (AvgIpc) is 3.21. The largest absolute Gasteiger partial charge is 0.197 e. The van der Waals surface area contributed by atoms with Gasteiger partial charge in [0.15, 0.2) is 0 Å². The summed E-state index contributed by atoms with van der Waals surface area (Å²) in [6.45, 7) is 6.93. The molecule has 2 nitrogen and oxygen atoms in total. The van der Waals surface area contributed by atoms with Gasteiger partial charge < -0.3 is 0 Å². The first kappa shape index (κ1) is 21.7. The van der Waals surface area contributed by atoms with Crippen LogP contribution in [0.1, 0.15) is 89.4 Å². The van der Waals surface area contributed by atoms with Crippen LogP contribution in [0.3, 0.4) is 0 Å². The van der Waals surface area contributed by atoms with Crippen molar-refractivity contribution in [2.75, 3.05) is 0 Å². The van der Waals surface area contributed by atoms with Gasteiger partial charge in [-0.15, -0.1) is 11.3 Å². The monoisotopic (exact) mass is 382 g/mol. The van der Waals surface area contributed by atoms with Gasteiger partial charge in [-0.05, 0) is 68.2 Å². The topological polar surface area (TPSA) is 47.6 Å². The normalized spacial score (nSPS) is 21.1. The molecule has 0 radical (unpaired) electrons. The van der Waals surface area contributed by atoms with E-state index in [4.69, 9.17) is 0 Å². The molecular weight excluding hydrogens is 348 g/mol. The second-order valence-electron chi connectivity index (χ2n) is 8.15. The molecule has 3 heteroatoms. The van der Waals surface area contributed by atoms with Gasteiger partial charge in [0.25, 0.3) is 0 Å². The Bertz CT molecular complexity index is 660. The SMILES string of the molecule is CCCCC1=C(CCCC)C[C@@H](C)[C@@H](CC(c2cccs2)C(C#N)C#N)C1. The Balaban J connectivity index is 2.20. The van der Waals surface area contributed by atoms with Crippen molar-refractivity contribution >= 4 is 11.3 Å². The van der Waals surface area contributed by atoms with Gasteiger partial charge in [0.05, 0.1) is 12.1 Å². The van der Waals surface area contributed by atoms with E-state index in [1.807, 2.05) is 6.07 Å². The molecule has 1 aromatic rings. The summed E-state index contributed by atoms with van der Waals surface area (Å²) in [5.41, 5.74) is 3.42. The molecule has 2 rings (SSSR count). The Morgan fingerprint density at radius 1 is 1.07 bits per heavy atom. The fourth-order valence-electron chi connectivity index (χ4n) is 4.47. The number of hydrogen-bond acceptors (Lipinski definition) is 3. The van der Waals surface area contributed by atoms with E-state index in [0.717, 1.165) is 6.42 Å². The van der Waals surface area contributed by atoms with Gasteiger partial charge in [-0.3, -0.25) is 0 Å². The van der Waals surface area contributed by atoms with Gasteiger partial charge in [0, 0.05) is 10.8 Å².